The largest absolute Gasteiger partial charge is 0.460 e. The van der Waals surface area contributed by atoms with Crippen LogP contribution in [0.1, 0.15) is 40.5 Å². The lowest BCUT2D eigenvalue weighted by molar-refractivity contribution is -0.159. The molecule has 0 amide bonds. The van der Waals surface area contributed by atoms with Crippen molar-refractivity contribution in [3.8, 4) is 0 Å². The zero-order chi connectivity index (χ0) is 13.8. The molecule has 0 bridgehead atoms. The van der Waals surface area contributed by atoms with Crippen molar-refractivity contribution in [3.05, 3.63) is 0 Å². The summed E-state index contributed by atoms with van der Waals surface area (Å²) >= 11 is 3.17. The lowest BCUT2D eigenvalue weighted by Crippen LogP contribution is -2.29. The van der Waals surface area contributed by atoms with Crippen LogP contribution in [0.4, 0.5) is 0 Å². The van der Waals surface area contributed by atoms with Gasteiger partial charge in [-0.05, 0) is 27.2 Å². The van der Waals surface area contributed by atoms with Crippen LogP contribution in [0.2, 0.25) is 0 Å². The SMILES string of the molecule is CCC(=O)SCC1CC(C(=O)OC(C)(C)C)CS1. The second-order valence-electron chi connectivity index (χ2n) is 5.46. The van der Waals surface area contributed by atoms with E-state index in [4.69, 9.17) is 4.74 Å². The van der Waals surface area contributed by atoms with E-state index in [1.807, 2.05) is 27.7 Å². The summed E-state index contributed by atoms with van der Waals surface area (Å²) in [6.07, 6.45) is 1.42. The highest BCUT2D eigenvalue weighted by Crippen LogP contribution is 2.35. The van der Waals surface area contributed by atoms with E-state index < -0.39 is 5.60 Å². The third kappa shape index (κ3) is 5.65. The standard InChI is InChI=1S/C13H22O3S2/c1-5-11(14)18-8-10-6-9(7-17-10)12(15)16-13(2,3)4/h9-10H,5-8H2,1-4H3. The zero-order valence-corrected chi connectivity index (χ0v) is 13.2. The van der Waals surface area contributed by atoms with Gasteiger partial charge < -0.3 is 4.74 Å². The number of carbonyl (C=O) groups excluding carboxylic acids is 2. The Kier molecular flexibility index (Phi) is 6.05. The van der Waals surface area contributed by atoms with Crippen LogP contribution in [-0.2, 0) is 14.3 Å². The van der Waals surface area contributed by atoms with Crippen molar-refractivity contribution in [2.75, 3.05) is 11.5 Å². The summed E-state index contributed by atoms with van der Waals surface area (Å²) in [5.41, 5.74) is -0.410. The average molecular weight is 290 g/mol. The fourth-order valence-corrected chi connectivity index (χ4v) is 4.11. The molecule has 3 nitrogen and oxygen atoms in total. The van der Waals surface area contributed by atoms with Gasteiger partial charge in [-0.1, -0.05) is 18.7 Å². The topological polar surface area (TPSA) is 43.4 Å². The van der Waals surface area contributed by atoms with Gasteiger partial charge in [0.05, 0.1) is 5.92 Å². The molecule has 2 atom stereocenters. The van der Waals surface area contributed by atoms with Gasteiger partial charge in [-0.25, -0.2) is 0 Å². The van der Waals surface area contributed by atoms with Crippen molar-refractivity contribution in [1.29, 1.82) is 0 Å². The monoisotopic (exact) mass is 290 g/mol. The van der Waals surface area contributed by atoms with Gasteiger partial charge in [0.15, 0.2) is 5.12 Å². The molecule has 0 N–H and O–H groups in total. The third-order valence-corrected chi connectivity index (χ3v) is 5.36. The lowest BCUT2D eigenvalue weighted by Gasteiger charge is -2.21. The highest BCUT2D eigenvalue weighted by atomic mass is 32.2. The Morgan fingerprint density at radius 2 is 2.06 bits per heavy atom. The summed E-state index contributed by atoms with van der Waals surface area (Å²) in [5.74, 6) is 1.54. The zero-order valence-electron chi connectivity index (χ0n) is 11.5. The third-order valence-electron chi connectivity index (χ3n) is 2.54. The maximum Gasteiger partial charge on any atom is 0.310 e. The predicted octanol–water partition coefficient (Wildman–Crippen LogP) is 3.12. The van der Waals surface area contributed by atoms with Crippen LogP contribution in [0.15, 0.2) is 0 Å². The minimum atomic E-state index is -0.410. The van der Waals surface area contributed by atoms with Crippen LogP contribution in [-0.4, -0.2) is 33.4 Å². The summed E-state index contributed by atoms with van der Waals surface area (Å²) in [4.78, 5) is 23.1. The molecule has 1 rings (SSSR count). The summed E-state index contributed by atoms with van der Waals surface area (Å²) in [6.45, 7) is 7.54. The number of esters is 1. The quantitative estimate of drug-likeness (QED) is 0.744. The van der Waals surface area contributed by atoms with Gasteiger partial charge >= 0.3 is 5.97 Å². The number of carbonyl (C=O) groups is 2. The summed E-state index contributed by atoms with van der Waals surface area (Å²) in [5, 5.41) is 0.638. The summed E-state index contributed by atoms with van der Waals surface area (Å²) in [6, 6.07) is 0. The van der Waals surface area contributed by atoms with Gasteiger partial charge in [0.25, 0.3) is 0 Å². The lowest BCUT2D eigenvalue weighted by atomic mass is 10.1. The molecule has 0 aromatic rings. The second kappa shape index (κ2) is 6.85. The normalized spacial score (nSPS) is 24.0. The molecular formula is C13H22O3S2. The molecule has 18 heavy (non-hydrogen) atoms. The fourth-order valence-electron chi connectivity index (χ4n) is 1.66. The van der Waals surface area contributed by atoms with E-state index in [0.29, 0.717) is 11.7 Å². The maximum absolute atomic E-state index is 11.9. The minimum Gasteiger partial charge on any atom is -0.460 e. The van der Waals surface area contributed by atoms with Crippen molar-refractivity contribution in [3.63, 3.8) is 0 Å². The van der Waals surface area contributed by atoms with Gasteiger partial charge in [-0.3, -0.25) is 9.59 Å². The van der Waals surface area contributed by atoms with Crippen molar-refractivity contribution in [1.82, 2.24) is 0 Å². The molecule has 1 heterocycles. The van der Waals surface area contributed by atoms with Gasteiger partial charge in [-0.2, -0.15) is 11.8 Å². The highest BCUT2D eigenvalue weighted by molar-refractivity contribution is 8.14. The Balaban J connectivity index is 2.32. The van der Waals surface area contributed by atoms with E-state index >= 15 is 0 Å². The smallest absolute Gasteiger partial charge is 0.310 e. The number of rotatable bonds is 4. The Morgan fingerprint density at radius 1 is 1.39 bits per heavy atom. The van der Waals surface area contributed by atoms with Crippen molar-refractivity contribution in [2.24, 2.45) is 5.92 Å². The van der Waals surface area contributed by atoms with Crippen molar-refractivity contribution >= 4 is 34.6 Å². The van der Waals surface area contributed by atoms with Gasteiger partial charge in [0.1, 0.15) is 5.60 Å². The van der Waals surface area contributed by atoms with Gasteiger partial charge in [0.2, 0.25) is 0 Å². The molecule has 0 aromatic carbocycles. The van der Waals surface area contributed by atoms with Crippen LogP contribution in [0.3, 0.4) is 0 Å². The van der Waals surface area contributed by atoms with Crippen LogP contribution in [0.25, 0.3) is 0 Å². The molecule has 5 heteroatoms. The van der Waals surface area contributed by atoms with Crippen LogP contribution >= 0.6 is 23.5 Å². The van der Waals surface area contributed by atoms with E-state index in [0.717, 1.165) is 17.9 Å². The van der Waals surface area contributed by atoms with Crippen LogP contribution < -0.4 is 0 Å². The van der Waals surface area contributed by atoms with E-state index in [1.54, 1.807) is 11.8 Å². The molecule has 2 unspecified atom stereocenters. The minimum absolute atomic E-state index is 0.00319. The number of ether oxygens (including phenoxy) is 1. The number of hydrogen-bond donors (Lipinski definition) is 0. The van der Waals surface area contributed by atoms with E-state index in [1.165, 1.54) is 11.8 Å². The number of thioether (sulfide) groups is 2. The Hall–Kier alpha value is -0.160. The first-order valence-electron chi connectivity index (χ1n) is 6.32. The molecule has 0 radical (unpaired) electrons. The Morgan fingerprint density at radius 3 is 2.61 bits per heavy atom. The molecule has 1 saturated heterocycles. The van der Waals surface area contributed by atoms with Gasteiger partial charge in [-0.15, -0.1) is 0 Å². The fraction of sp³-hybridized carbons (Fsp3) is 0.846. The highest BCUT2D eigenvalue weighted by Gasteiger charge is 2.33. The second-order valence-corrected chi connectivity index (χ2v) is 7.87. The maximum atomic E-state index is 11.9. The molecular weight excluding hydrogens is 268 g/mol. The summed E-state index contributed by atoms with van der Waals surface area (Å²) < 4.78 is 5.39. The molecule has 1 fully saturated rings. The first kappa shape index (κ1) is 15.9. The van der Waals surface area contributed by atoms with Crippen molar-refractivity contribution < 1.29 is 14.3 Å². The molecule has 0 aliphatic carbocycles. The van der Waals surface area contributed by atoms with E-state index in [-0.39, 0.29) is 17.0 Å². The Bertz CT molecular complexity index is 310. The van der Waals surface area contributed by atoms with Crippen LogP contribution in [0, 0.1) is 5.92 Å². The molecule has 0 spiro atoms. The molecule has 1 aliphatic heterocycles. The Labute approximate surface area is 118 Å². The average Bonchev–Trinajstić information content (AvgIpc) is 2.72. The first-order valence-corrected chi connectivity index (χ1v) is 8.35. The molecule has 0 aromatic heterocycles. The van der Waals surface area contributed by atoms with Crippen molar-refractivity contribution in [2.45, 2.75) is 51.4 Å². The summed E-state index contributed by atoms with van der Waals surface area (Å²) in [7, 11) is 0. The molecule has 1 aliphatic rings. The molecule has 104 valence electrons. The number of hydrogen-bond acceptors (Lipinski definition) is 5. The van der Waals surface area contributed by atoms with E-state index in [2.05, 4.69) is 0 Å². The first-order chi connectivity index (χ1) is 8.31. The van der Waals surface area contributed by atoms with E-state index in [9.17, 15) is 9.59 Å². The van der Waals surface area contributed by atoms with Crippen LogP contribution in [0.5, 0.6) is 0 Å². The van der Waals surface area contributed by atoms with Gasteiger partial charge in [0, 0.05) is 23.2 Å². The predicted molar refractivity (Wildman–Crippen MR) is 78.0 cm³/mol. The molecule has 0 saturated carbocycles.